The first-order chi connectivity index (χ1) is 5.15. The van der Waals surface area contributed by atoms with Crippen molar-refractivity contribution in [2.45, 2.75) is 33.1 Å². The van der Waals surface area contributed by atoms with Crippen molar-refractivity contribution >= 4 is 37.6 Å². The molecule has 0 saturated carbocycles. The van der Waals surface area contributed by atoms with Crippen LogP contribution in [0.3, 0.4) is 0 Å². The summed E-state index contributed by atoms with van der Waals surface area (Å²) < 4.78 is 0. The number of alkyl halides is 2. The van der Waals surface area contributed by atoms with Crippen LogP contribution >= 0.6 is 31.9 Å². The van der Waals surface area contributed by atoms with Crippen molar-refractivity contribution in [2.24, 2.45) is 0 Å². The summed E-state index contributed by atoms with van der Waals surface area (Å²) in [7, 11) is 0. The van der Waals surface area contributed by atoms with Gasteiger partial charge in [0.05, 0.1) is 0 Å². The lowest BCUT2D eigenvalue weighted by atomic mass is 10.3. The number of ketones is 1. The molecule has 0 unspecified atom stereocenters. The van der Waals surface area contributed by atoms with E-state index in [9.17, 15) is 4.79 Å². The van der Waals surface area contributed by atoms with Gasteiger partial charge in [-0.25, -0.2) is 0 Å². The molecule has 0 fully saturated rings. The summed E-state index contributed by atoms with van der Waals surface area (Å²) in [6.07, 6.45) is 3.97. The molecule has 0 amide bonds. The number of hydrogen-bond donors (Lipinski definition) is 0. The van der Waals surface area contributed by atoms with E-state index in [1.165, 1.54) is 33.1 Å². The predicted octanol–water partition coefficient (Wildman–Crippen LogP) is 3.54. The highest BCUT2D eigenvalue weighted by Gasteiger charge is 1.81. The minimum atomic E-state index is 0.167. The van der Waals surface area contributed by atoms with E-state index in [4.69, 9.17) is 0 Å². The number of rotatable bonds is 4. The number of hydrogen-bond acceptors (Lipinski definition) is 1. The number of halogens is 2. The molecule has 0 aliphatic heterocycles. The molecule has 68 valence electrons. The van der Waals surface area contributed by atoms with Crippen molar-refractivity contribution in [3.05, 3.63) is 0 Å². The standard InChI is InChI=1S/C5H10Br2.C3H6O/c6-4-2-1-3-5-7;1-3(2)4/h1-5H2;1-2H3. The Labute approximate surface area is 86.2 Å². The van der Waals surface area contributed by atoms with Crippen LogP contribution in [0, 0.1) is 0 Å². The van der Waals surface area contributed by atoms with Gasteiger partial charge in [-0.1, -0.05) is 38.3 Å². The third-order valence-electron chi connectivity index (χ3n) is 0.767. The minimum Gasteiger partial charge on any atom is -0.300 e. The normalized spacial score (nSPS) is 8.36. The summed E-state index contributed by atoms with van der Waals surface area (Å²) in [5.41, 5.74) is 0. The first kappa shape index (κ1) is 14.2. The lowest BCUT2D eigenvalue weighted by Gasteiger charge is -1.88. The molecule has 0 aliphatic carbocycles. The van der Waals surface area contributed by atoms with E-state index in [-0.39, 0.29) is 5.78 Å². The third-order valence-corrected chi connectivity index (χ3v) is 1.89. The topological polar surface area (TPSA) is 17.1 Å². The van der Waals surface area contributed by atoms with Crippen LogP contribution in [-0.2, 0) is 4.79 Å². The van der Waals surface area contributed by atoms with Gasteiger partial charge in [0.1, 0.15) is 5.78 Å². The van der Waals surface area contributed by atoms with Crippen LogP contribution in [0.4, 0.5) is 0 Å². The van der Waals surface area contributed by atoms with Gasteiger partial charge in [0.2, 0.25) is 0 Å². The maximum atomic E-state index is 9.44. The van der Waals surface area contributed by atoms with Crippen LogP contribution in [0.15, 0.2) is 0 Å². The molecule has 0 N–H and O–H groups in total. The van der Waals surface area contributed by atoms with E-state index in [1.54, 1.807) is 0 Å². The molecule has 0 rings (SSSR count). The molecule has 3 heteroatoms. The average Bonchev–Trinajstić information content (AvgIpc) is 1.88. The van der Waals surface area contributed by atoms with E-state index in [1.807, 2.05) is 0 Å². The molecule has 0 spiro atoms. The summed E-state index contributed by atoms with van der Waals surface area (Å²) in [5.74, 6) is 0.167. The lowest BCUT2D eigenvalue weighted by molar-refractivity contribution is -0.114. The Kier molecular flexibility index (Phi) is 17.1. The summed E-state index contributed by atoms with van der Waals surface area (Å²) in [5, 5.41) is 2.31. The summed E-state index contributed by atoms with van der Waals surface area (Å²) >= 11 is 6.73. The van der Waals surface area contributed by atoms with Crippen LogP contribution in [0.1, 0.15) is 33.1 Å². The van der Waals surface area contributed by atoms with Gasteiger partial charge < -0.3 is 4.79 Å². The van der Waals surface area contributed by atoms with Gasteiger partial charge in [0.25, 0.3) is 0 Å². The maximum Gasteiger partial charge on any atom is 0.126 e. The zero-order valence-corrected chi connectivity index (χ0v) is 10.4. The van der Waals surface area contributed by atoms with Crippen LogP contribution in [0.5, 0.6) is 0 Å². The van der Waals surface area contributed by atoms with E-state index >= 15 is 0 Å². The summed E-state index contributed by atoms with van der Waals surface area (Å²) in [6.45, 7) is 3.06. The largest absolute Gasteiger partial charge is 0.300 e. The quantitative estimate of drug-likeness (QED) is 0.571. The molecule has 0 aliphatic rings. The Morgan fingerprint density at radius 2 is 1.27 bits per heavy atom. The van der Waals surface area contributed by atoms with Gasteiger partial charge in [-0.2, -0.15) is 0 Å². The highest BCUT2D eigenvalue weighted by molar-refractivity contribution is 9.09. The Bertz CT molecular complexity index is 76.2. The average molecular weight is 288 g/mol. The fourth-order valence-electron chi connectivity index (χ4n) is 0.366. The van der Waals surface area contributed by atoms with Crippen molar-refractivity contribution < 1.29 is 4.79 Å². The third kappa shape index (κ3) is 36.9. The Hall–Kier alpha value is 0.630. The van der Waals surface area contributed by atoms with Gasteiger partial charge in [-0.3, -0.25) is 0 Å². The number of carbonyl (C=O) groups excluding carboxylic acids is 1. The fraction of sp³-hybridized carbons (Fsp3) is 0.875. The first-order valence-corrected chi connectivity index (χ1v) is 5.98. The Morgan fingerprint density at radius 3 is 1.45 bits per heavy atom. The van der Waals surface area contributed by atoms with Gasteiger partial charge >= 0.3 is 0 Å². The van der Waals surface area contributed by atoms with Gasteiger partial charge in [0, 0.05) is 10.7 Å². The van der Waals surface area contributed by atoms with Crippen molar-refractivity contribution in [1.29, 1.82) is 0 Å². The molecular weight excluding hydrogens is 272 g/mol. The van der Waals surface area contributed by atoms with Crippen molar-refractivity contribution in [3.63, 3.8) is 0 Å². The minimum absolute atomic E-state index is 0.167. The molecule has 0 atom stereocenters. The number of carbonyl (C=O) groups is 1. The van der Waals surface area contributed by atoms with Crippen molar-refractivity contribution in [1.82, 2.24) is 0 Å². The molecule has 0 aromatic carbocycles. The highest BCUT2D eigenvalue weighted by atomic mass is 79.9. The van der Waals surface area contributed by atoms with Crippen molar-refractivity contribution in [2.75, 3.05) is 10.7 Å². The predicted molar refractivity (Wildman–Crippen MR) is 57.8 cm³/mol. The molecule has 0 heterocycles. The summed E-state index contributed by atoms with van der Waals surface area (Å²) in [6, 6.07) is 0. The van der Waals surface area contributed by atoms with E-state index in [2.05, 4.69) is 31.9 Å². The fourth-order valence-corrected chi connectivity index (χ4v) is 1.16. The molecule has 0 radical (unpaired) electrons. The molecular formula is C8H16Br2O. The smallest absolute Gasteiger partial charge is 0.126 e. The van der Waals surface area contributed by atoms with Crippen molar-refractivity contribution in [3.8, 4) is 0 Å². The molecule has 0 aromatic heterocycles. The molecule has 11 heavy (non-hydrogen) atoms. The van der Waals surface area contributed by atoms with E-state index < -0.39 is 0 Å². The highest BCUT2D eigenvalue weighted by Crippen LogP contribution is 1.99. The Balaban J connectivity index is 0. The lowest BCUT2D eigenvalue weighted by Crippen LogP contribution is -1.76. The second-order valence-electron chi connectivity index (χ2n) is 2.35. The zero-order valence-electron chi connectivity index (χ0n) is 7.20. The molecule has 0 aromatic rings. The van der Waals surface area contributed by atoms with E-state index in [0.717, 1.165) is 10.7 Å². The second kappa shape index (κ2) is 13.2. The number of Topliss-reactive ketones (excluding diaryl/α,β-unsaturated/α-hetero) is 1. The Morgan fingerprint density at radius 1 is 1.00 bits per heavy atom. The monoisotopic (exact) mass is 286 g/mol. The first-order valence-electron chi connectivity index (χ1n) is 3.74. The van der Waals surface area contributed by atoms with Gasteiger partial charge in [-0.15, -0.1) is 0 Å². The molecule has 0 bridgehead atoms. The maximum absolute atomic E-state index is 9.44. The molecule has 1 nitrogen and oxygen atoms in total. The van der Waals surface area contributed by atoms with E-state index in [0.29, 0.717) is 0 Å². The van der Waals surface area contributed by atoms with Gasteiger partial charge in [-0.05, 0) is 26.7 Å². The molecule has 0 saturated heterocycles. The SMILES string of the molecule is BrCCCCCBr.CC(C)=O. The number of unbranched alkanes of at least 4 members (excludes halogenated alkanes) is 2. The van der Waals surface area contributed by atoms with Gasteiger partial charge in [0.15, 0.2) is 0 Å². The van der Waals surface area contributed by atoms with Crippen LogP contribution in [0.25, 0.3) is 0 Å². The van der Waals surface area contributed by atoms with Crippen LogP contribution < -0.4 is 0 Å². The van der Waals surface area contributed by atoms with Crippen LogP contribution in [-0.4, -0.2) is 16.4 Å². The van der Waals surface area contributed by atoms with Crippen LogP contribution in [0.2, 0.25) is 0 Å². The summed E-state index contributed by atoms with van der Waals surface area (Å²) in [4.78, 5) is 9.44. The zero-order chi connectivity index (χ0) is 9.11. The second-order valence-corrected chi connectivity index (χ2v) is 3.93.